The van der Waals surface area contributed by atoms with Gasteiger partial charge in [0.05, 0.1) is 11.5 Å². The van der Waals surface area contributed by atoms with Crippen LogP contribution >= 0.6 is 0 Å². The Balaban J connectivity index is 1.55. The van der Waals surface area contributed by atoms with Gasteiger partial charge in [-0.2, -0.15) is 0 Å². The van der Waals surface area contributed by atoms with E-state index < -0.39 is 17.9 Å². The first-order valence-corrected chi connectivity index (χ1v) is 11.9. The van der Waals surface area contributed by atoms with E-state index in [0.29, 0.717) is 37.5 Å². The molecule has 1 amide bonds. The molecule has 2 saturated heterocycles. The van der Waals surface area contributed by atoms with E-state index >= 15 is 0 Å². The molecule has 1 aliphatic carbocycles. The quantitative estimate of drug-likeness (QED) is 0.714. The topological polar surface area (TPSA) is 53.0 Å². The van der Waals surface area contributed by atoms with Crippen LogP contribution in [0.2, 0.25) is 0 Å². The third-order valence-electron chi connectivity index (χ3n) is 7.36. The Labute approximate surface area is 187 Å². The molecule has 1 unspecified atom stereocenters. The lowest BCUT2D eigenvalue weighted by molar-refractivity contribution is -0.274. The van der Waals surface area contributed by atoms with Gasteiger partial charge in [-0.25, -0.2) is 0 Å². The van der Waals surface area contributed by atoms with E-state index in [0.717, 1.165) is 45.2 Å². The predicted molar refractivity (Wildman–Crippen MR) is 114 cm³/mol. The molecule has 178 valence electrons. The number of hydrogen-bond acceptors (Lipinski definition) is 4. The largest absolute Gasteiger partial charge is 0.573 e. The number of ether oxygens (including phenoxy) is 1. The number of aliphatic hydroxyl groups is 1. The highest BCUT2D eigenvalue weighted by Crippen LogP contribution is 2.42. The summed E-state index contributed by atoms with van der Waals surface area (Å²) in [5.41, 5.74) is -0.860. The number of likely N-dealkylation sites (tertiary alicyclic amines) is 2. The van der Waals surface area contributed by atoms with E-state index in [-0.39, 0.29) is 11.7 Å². The lowest BCUT2D eigenvalue weighted by atomic mass is 9.72. The molecule has 1 aromatic carbocycles. The van der Waals surface area contributed by atoms with Gasteiger partial charge in [0, 0.05) is 19.1 Å². The van der Waals surface area contributed by atoms with Crippen LogP contribution < -0.4 is 4.74 Å². The maximum atomic E-state index is 13.7. The SMILES string of the molecule is O=C(C(c1cccc(OC(F)(F)F)c1)C1(O)CCCCC1)N1CCC(N2CCCC2)CC1. The summed E-state index contributed by atoms with van der Waals surface area (Å²) in [7, 11) is 0. The highest BCUT2D eigenvalue weighted by molar-refractivity contribution is 5.85. The van der Waals surface area contributed by atoms with Crippen LogP contribution in [0.5, 0.6) is 5.75 Å². The van der Waals surface area contributed by atoms with Crippen molar-refractivity contribution in [3.05, 3.63) is 29.8 Å². The van der Waals surface area contributed by atoms with Gasteiger partial charge in [-0.1, -0.05) is 31.4 Å². The summed E-state index contributed by atoms with van der Waals surface area (Å²) in [5.74, 6) is -1.43. The highest BCUT2D eigenvalue weighted by Gasteiger charge is 2.45. The van der Waals surface area contributed by atoms with Gasteiger partial charge in [-0.05, 0) is 69.3 Å². The minimum Gasteiger partial charge on any atom is -0.406 e. The zero-order chi connectivity index (χ0) is 22.8. The lowest BCUT2D eigenvalue weighted by Gasteiger charge is -2.43. The molecular formula is C24H33F3N2O3. The minimum atomic E-state index is -4.81. The second-order valence-electron chi connectivity index (χ2n) is 9.52. The standard InChI is InChI=1S/C24H33F3N2O3/c25-24(26,27)32-20-8-6-7-18(17-20)21(23(31)11-2-1-3-12-23)22(30)29-15-9-19(10-16-29)28-13-4-5-14-28/h6-8,17,19,21,31H,1-5,9-16H2. The van der Waals surface area contributed by atoms with Crippen LogP contribution in [-0.2, 0) is 4.79 Å². The molecule has 8 heteroatoms. The van der Waals surface area contributed by atoms with Crippen molar-refractivity contribution in [1.29, 1.82) is 0 Å². The van der Waals surface area contributed by atoms with Gasteiger partial charge < -0.3 is 19.6 Å². The Morgan fingerprint density at radius 2 is 1.69 bits per heavy atom. The molecule has 1 atom stereocenters. The minimum absolute atomic E-state index is 0.182. The molecule has 4 rings (SSSR count). The molecule has 0 aromatic heterocycles. The van der Waals surface area contributed by atoms with Gasteiger partial charge in [0.25, 0.3) is 0 Å². The van der Waals surface area contributed by atoms with E-state index in [4.69, 9.17) is 0 Å². The first-order chi connectivity index (χ1) is 15.3. The molecule has 2 heterocycles. The van der Waals surface area contributed by atoms with Gasteiger partial charge in [0.2, 0.25) is 5.91 Å². The van der Waals surface area contributed by atoms with Gasteiger partial charge in [-0.3, -0.25) is 4.79 Å². The van der Waals surface area contributed by atoms with E-state index in [1.807, 2.05) is 0 Å². The summed E-state index contributed by atoms with van der Waals surface area (Å²) in [6.45, 7) is 3.47. The number of hydrogen-bond donors (Lipinski definition) is 1. The third-order valence-corrected chi connectivity index (χ3v) is 7.36. The lowest BCUT2D eigenvalue weighted by Crippen LogP contribution is -2.52. The van der Waals surface area contributed by atoms with Gasteiger partial charge >= 0.3 is 6.36 Å². The normalized spacial score (nSPS) is 23.8. The molecule has 0 spiro atoms. The first-order valence-electron chi connectivity index (χ1n) is 11.9. The summed E-state index contributed by atoms with van der Waals surface area (Å²) in [4.78, 5) is 18.0. The zero-order valence-corrected chi connectivity index (χ0v) is 18.4. The van der Waals surface area contributed by atoms with E-state index in [1.165, 1.54) is 31.0 Å². The fourth-order valence-corrected chi connectivity index (χ4v) is 5.77. The number of rotatable bonds is 5. The molecular weight excluding hydrogens is 421 g/mol. The number of halogens is 3. The first kappa shape index (κ1) is 23.4. The van der Waals surface area contributed by atoms with Crippen LogP contribution in [-0.4, -0.2) is 65.0 Å². The van der Waals surface area contributed by atoms with Crippen LogP contribution in [0.1, 0.15) is 69.3 Å². The molecule has 2 aliphatic heterocycles. The van der Waals surface area contributed by atoms with Crippen molar-refractivity contribution in [1.82, 2.24) is 9.80 Å². The maximum Gasteiger partial charge on any atom is 0.573 e. The second-order valence-corrected chi connectivity index (χ2v) is 9.52. The number of carbonyl (C=O) groups excluding carboxylic acids is 1. The number of amides is 1. The zero-order valence-electron chi connectivity index (χ0n) is 18.4. The molecule has 0 radical (unpaired) electrons. The number of nitrogens with zero attached hydrogens (tertiary/aromatic N) is 2. The second kappa shape index (κ2) is 9.59. The molecule has 3 fully saturated rings. The third kappa shape index (κ3) is 5.39. The summed E-state index contributed by atoms with van der Waals surface area (Å²) in [5, 5.41) is 11.5. The van der Waals surface area contributed by atoms with Gasteiger partial charge in [0.15, 0.2) is 0 Å². The van der Waals surface area contributed by atoms with Gasteiger partial charge in [0.1, 0.15) is 5.75 Å². The average Bonchev–Trinajstić information content (AvgIpc) is 3.28. The Bertz CT molecular complexity index is 781. The Morgan fingerprint density at radius 3 is 2.31 bits per heavy atom. The molecule has 3 aliphatic rings. The summed E-state index contributed by atoms with van der Waals surface area (Å²) < 4.78 is 42.4. The molecule has 0 bridgehead atoms. The summed E-state index contributed by atoms with van der Waals surface area (Å²) in [6.07, 6.45) is 2.97. The van der Waals surface area contributed by atoms with Crippen molar-refractivity contribution in [3.63, 3.8) is 0 Å². The fourth-order valence-electron chi connectivity index (χ4n) is 5.77. The van der Waals surface area contributed by atoms with Crippen molar-refractivity contribution >= 4 is 5.91 Å². The van der Waals surface area contributed by atoms with Crippen molar-refractivity contribution in [2.24, 2.45) is 0 Å². The summed E-state index contributed by atoms with van der Waals surface area (Å²) >= 11 is 0. The van der Waals surface area contributed by atoms with Crippen LogP contribution in [0.25, 0.3) is 0 Å². The number of alkyl halides is 3. The monoisotopic (exact) mass is 454 g/mol. The van der Waals surface area contributed by atoms with E-state index in [2.05, 4.69) is 9.64 Å². The van der Waals surface area contributed by atoms with Crippen LogP contribution in [0, 0.1) is 0 Å². The number of piperidine rings is 1. The Hall–Kier alpha value is -1.80. The Kier molecular flexibility index (Phi) is 7.00. The Morgan fingerprint density at radius 1 is 1.03 bits per heavy atom. The molecule has 1 N–H and O–H groups in total. The van der Waals surface area contributed by atoms with Crippen molar-refractivity contribution in [3.8, 4) is 5.75 Å². The van der Waals surface area contributed by atoms with Crippen molar-refractivity contribution in [2.75, 3.05) is 26.2 Å². The van der Waals surface area contributed by atoms with E-state index in [9.17, 15) is 23.1 Å². The molecule has 1 saturated carbocycles. The number of benzene rings is 1. The fraction of sp³-hybridized carbons (Fsp3) is 0.708. The van der Waals surface area contributed by atoms with Crippen LogP contribution in [0.4, 0.5) is 13.2 Å². The summed E-state index contributed by atoms with van der Waals surface area (Å²) in [6, 6.07) is 6.07. The smallest absolute Gasteiger partial charge is 0.406 e. The molecule has 32 heavy (non-hydrogen) atoms. The predicted octanol–water partition coefficient (Wildman–Crippen LogP) is 4.45. The van der Waals surface area contributed by atoms with Crippen molar-refractivity contribution in [2.45, 2.75) is 81.7 Å². The number of carbonyl (C=O) groups is 1. The van der Waals surface area contributed by atoms with Gasteiger partial charge in [-0.15, -0.1) is 13.2 Å². The maximum absolute atomic E-state index is 13.7. The van der Waals surface area contributed by atoms with Crippen molar-refractivity contribution < 1.29 is 27.8 Å². The molecule has 5 nitrogen and oxygen atoms in total. The van der Waals surface area contributed by atoms with Crippen LogP contribution in [0.3, 0.4) is 0 Å². The average molecular weight is 455 g/mol. The van der Waals surface area contributed by atoms with E-state index in [1.54, 1.807) is 11.0 Å². The molecule has 1 aromatic rings. The van der Waals surface area contributed by atoms with Crippen LogP contribution in [0.15, 0.2) is 24.3 Å². The highest BCUT2D eigenvalue weighted by atomic mass is 19.4.